The topological polar surface area (TPSA) is 49.3 Å². The highest BCUT2D eigenvalue weighted by Gasteiger charge is 2.17. The fraction of sp³-hybridized carbons (Fsp3) is 0.0952. The number of carbonyl (C=O) groups is 1. The highest BCUT2D eigenvalue weighted by atomic mass is 79.9. The van der Waals surface area contributed by atoms with Gasteiger partial charge in [0.15, 0.2) is 0 Å². The molecule has 0 aromatic heterocycles. The number of halogens is 1. The molecule has 0 spiro atoms. The number of benzene rings is 3. The molecule has 25 heavy (non-hydrogen) atoms. The first-order valence-electron chi connectivity index (χ1n) is 8.02. The van der Waals surface area contributed by atoms with Crippen molar-refractivity contribution in [1.82, 2.24) is 5.32 Å². The molecule has 0 radical (unpaired) electrons. The summed E-state index contributed by atoms with van der Waals surface area (Å²) in [5.74, 6) is -0.284. The van der Waals surface area contributed by atoms with Gasteiger partial charge >= 0.3 is 0 Å². The second-order valence-electron chi connectivity index (χ2n) is 5.75. The van der Waals surface area contributed by atoms with Crippen LogP contribution in [0.3, 0.4) is 0 Å². The summed E-state index contributed by atoms with van der Waals surface area (Å²) >= 11 is 3.33. The molecule has 3 aromatic rings. The summed E-state index contributed by atoms with van der Waals surface area (Å²) in [5, 5.41) is 12.9. The van der Waals surface area contributed by atoms with Gasteiger partial charge in [0.1, 0.15) is 5.75 Å². The van der Waals surface area contributed by atoms with Crippen molar-refractivity contribution in [3.05, 3.63) is 100 Å². The van der Waals surface area contributed by atoms with Crippen molar-refractivity contribution in [3.63, 3.8) is 0 Å². The highest BCUT2D eigenvalue weighted by Crippen LogP contribution is 2.25. The van der Waals surface area contributed by atoms with Gasteiger partial charge in [-0.1, -0.05) is 76.6 Å². The summed E-state index contributed by atoms with van der Waals surface area (Å²) in [6.07, 6.45) is 0. The molecule has 4 heteroatoms. The van der Waals surface area contributed by atoms with Gasteiger partial charge in [-0.2, -0.15) is 0 Å². The van der Waals surface area contributed by atoms with Crippen LogP contribution < -0.4 is 5.32 Å². The van der Waals surface area contributed by atoms with E-state index >= 15 is 0 Å². The summed E-state index contributed by atoms with van der Waals surface area (Å²) in [6, 6.07) is 25.0. The van der Waals surface area contributed by atoms with E-state index in [1.165, 1.54) is 6.07 Å². The molecular formula is C21H18BrNO2. The minimum absolute atomic E-state index is 0.0309. The number of phenols is 1. The molecule has 0 fully saturated rings. The molecule has 3 nitrogen and oxygen atoms in total. The van der Waals surface area contributed by atoms with Crippen molar-refractivity contribution in [2.45, 2.75) is 5.92 Å². The SMILES string of the molecule is O=C(NCC(c1ccccc1)c1ccccc1)c1cc(Br)ccc1O. The zero-order valence-corrected chi connectivity index (χ0v) is 15.1. The minimum Gasteiger partial charge on any atom is -0.507 e. The third kappa shape index (κ3) is 4.28. The standard InChI is InChI=1S/C21H18BrNO2/c22-17-11-12-20(24)18(13-17)21(25)23-14-19(15-7-3-1-4-8-15)16-9-5-2-6-10-16/h1-13,19,24H,14H2,(H,23,25). The van der Waals surface area contributed by atoms with Crippen molar-refractivity contribution in [2.75, 3.05) is 6.54 Å². The first-order chi connectivity index (χ1) is 12.1. The predicted octanol–water partition coefficient (Wildman–Crippen LogP) is 4.72. The van der Waals surface area contributed by atoms with Crippen LogP contribution in [0.4, 0.5) is 0 Å². The lowest BCUT2D eigenvalue weighted by atomic mass is 9.91. The summed E-state index contributed by atoms with van der Waals surface area (Å²) in [5.41, 5.74) is 2.52. The van der Waals surface area contributed by atoms with Gasteiger partial charge in [0.2, 0.25) is 0 Å². The Labute approximate surface area is 155 Å². The number of hydrogen-bond acceptors (Lipinski definition) is 2. The van der Waals surface area contributed by atoms with E-state index in [4.69, 9.17) is 0 Å². The van der Waals surface area contributed by atoms with Crippen LogP contribution >= 0.6 is 15.9 Å². The lowest BCUT2D eigenvalue weighted by Gasteiger charge is -2.19. The van der Waals surface area contributed by atoms with Gasteiger partial charge in [-0.25, -0.2) is 0 Å². The average molecular weight is 396 g/mol. The van der Waals surface area contributed by atoms with E-state index in [2.05, 4.69) is 45.5 Å². The second-order valence-corrected chi connectivity index (χ2v) is 6.66. The maximum Gasteiger partial charge on any atom is 0.255 e. The normalized spacial score (nSPS) is 10.6. The van der Waals surface area contributed by atoms with E-state index in [0.717, 1.165) is 15.6 Å². The second kappa shape index (κ2) is 7.99. The van der Waals surface area contributed by atoms with E-state index in [-0.39, 0.29) is 23.1 Å². The summed E-state index contributed by atoms with van der Waals surface area (Å²) in [6.45, 7) is 0.443. The minimum atomic E-state index is -0.296. The predicted molar refractivity (Wildman–Crippen MR) is 103 cm³/mol. The lowest BCUT2D eigenvalue weighted by Crippen LogP contribution is -2.29. The molecule has 0 saturated heterocycles. The van der Waals surface area contributed by atoms with Gasteiger partial charge in [-0.15, -0.1) is 0 Å². The van der Waals surface area contributed by atoms with Crippen molar-refractivity contribution in [1.29, 1.82) is 0 Å². The van der Waals surface area contributed by atoms with E-state index < -0.39 is 0 Å². The van der Waals surface area contributed by atoms with Gasteiger partial charge in [0.25, 0.3) is 5.91 Å². The number of nitrogens with one attached hydrogen (secondary N) is 1. The Morgan fingerprint density at radius 2 is 1.48 bits per heavy atom. The maximum atomic E-state index is 12.5. The van der Waals surface area contributed by atoms with E-state index in [1.807, 2.05) is 36.4 Å². The molecule has 0 heterocycles. The van der Waals surface area contributed by atoms with Crippen LogP contribution in [-0.2, 0) is 0 Å². The van der Waals surface area contributed by atoms with Gasteiger partial charge in [-0.05, 0) is 29.3 Å². The van der Waals surface area contributed by atoms with Crippen molar-refractivity contribution in [2.24, 2.45) is 0 Å². The average Bonchev–Trinajstić information content (AvgIpc) is 2.65. The number of amides is 1. The van der Waals surface area contributed by atoms with E-state index in [0.29, 0.717) is 6.54 Å². The molecular weight excluding hydrogens is 378 g/mol. The molecule has 3 rings (SSSR count). The van der Waals surface area contributed by atoms with Crippen molar-refractivity contribution >= 4 is 21.8 Å². The molecule has 0 aliphatic carbocycles. The van der Waals surface area contributed by atoms with Crippen molar-refractivity contribution in [3.8, 4) is 5.75 Å². The van der Waals surface area contributed by atoms with Gasteiger partial charge in [0.05, 0.1) is 5.56 Å². The van der Waals surface area contributed by atoms with Gasteiger partial charge in [-0.3, -0.25) is 4.79 Å². The molecule has 0 unspecified atom stereocenters. The third-order valence-corrected chi connectivity index (χ3v) is 4.57. The molecule has 0 bridgehead atoms. The summed E-state index contributed by atoms with van der Waals surface area (Å²) in [4.78, 5) is 12.5. The van der Waals surface area contributed by atoms with Gasteiger partial charge < -0.3 is 10.4 Å². The Morgan fingerprint density at radius 1 is 0.920 bits per heavy atom. The van der Waals surface area contributed by atoms with Crippen LogP contribution in [0.25, 0.3) is 0 Å². The van der Waals surface area contributed by atoms with E-state index in [1.54, 1.807) is 12.1 Å². The number of rotatable bonds is 5. The number of carbonyl (C=O) groups excluding carboxylic acids is 1. The Morgan fingerprint density at radius 3 is 2.04 bits per heavy atom. The van der Waals surface area contributed by atoms with Crippen LogP contribution in [-0.4, -0.2) is 17.6 Å². The molecule has 0 atom stereocenters. The van der Waals surface area contributed by atoms with Crippen LogP contribution in [0.2, 0.25) is 0 Å². The lowest BCUT2D eigenvalue weighted by molar-refractivity contribution is 0.0949. The first kappa shape index (κ1) is 17.2. The first-order valence-corrected chi connectivity index (χ1v) is 8.81. The quantitative estimate of drug-likeness (QED) is 0.656. The molecule has 1 amide bonds. The largest absolute Gasteiger partial charge is 0.507 e. The fourth-order valence-electron chi connectivity index (χ4n) is 2.78. The molecule has 126 valence electrons. The zero-order chi connectivity index (χ0) is 17.6. The number of aromatic hydroxyl groups is 1. The Kier molecular flexibility index (Phi) is 5.51. The monoisotopic (exact) mass is 395 g/mol. The third-order valence-electron chi connectivity index (χ3n) is 4.07. The molecule has 3 aromatic carbocycles. The Hall–Kier alpha value is -2.59. The molecule has 2 N–H and O–H groups in total. The highest BCUT2D eigenvalue weighted by molar-refractivity contribution is 9.10. The smallest absolute Gasteiger partial charge is 0.255 e. The van der Waals surface area contributed by atoms with Crippen LogP contribution in [0.15, 0.2) is 83.3 Å². The Bertz CT molecular complexity index is 811. The van der Waals surface area contributed by atoms with Crippen LogP contribution in [0.1, 0.15) is 27.4 Å². The van der Waals surface area contributed by atoms with Gasteiger partial charge in [0, 0.05) is 16.9 Å². The van der Waals surface area contributed by atoms with Crippen LogP contribution in [0, 0.1) is 0 Å². The molecule has 0 saturated carbocycles. The Balaban J connectivity index is 1.82. The fourth-order valence-corrected chi connectivity index (χ4v) is 3.14. The molecule has 0 aliphatic rings. The maximum absolute atomic E-state index is 12.5. The van der Waals surface area contributed by atoms with Crippen LogP contribution in [0.5, 0.6) is 5.75 Å². The summed E-state index contributed by atoms with van der Waals surface area (Å²) < 4.78 is 0.748. The van der Waals surface area contributed by atoms with E-state index in [9.17, 15) is 9.90 Å². The molecule has 0 aliphatic heterocycles. The summed E-state index contributed by atoms with van der Waals surface area (Å²) in [7, 11) is 0. The number of hydrogen-bond donors (Lipinski definition) is 2. The zero-order valence-electron chi connectivity index (χ0n) is 13.5. The number of phenolic OH excluding ortho intramolecular Hbond substituents is 1. The van der Waals surface area contributed by atoms with Crippen molar-refractivity contribution < 1.29 is 9.90 Å².